The van der Waals surface area contributed by atoms with Gasteiger partial charge >= 0.3 is 0 Å². The average molecular weight is 317 g/mol. The van der Waals surface area contributed by atoms with Gasteiger partial charge in [0, 0.05) is 12.8 Å². The lowest BCUT2D eigenvalue weighted by Gasteiger charge is -2.07. The molecule has 1 N–H and O–H groups in total. The van der Waals surface area contributed by atoms with Crippen molar-refractivity contribution in [3.8, 4) is 5.75 Å². The van der Waals surface area contributed by atoms with Crippen LogP contribution in [0.25, 0.3) is 0 Å². The molecule has 1 aromatic heterocycles. The second-order valence-corrected chi connectivity index (χ2v) is 5.86. The SMILES string of the molecule is Cc1ccc(OCCNC(=O)CCC(=O)c2cccs2)cc1. The molecule has 0 spiro atoms. The van der Waals surface area contributed by atoms with E-state index in [4.69, 9.17) is 4.74 Å². The highest BCUT2D eigenvalue weighted by atomic mass is 32.1. The van der Waals surface area contributed by atoms with Gasteiger partial charge in [-0.2, -0.15) is 0 Å². The summed E-state index contributed by atoms with van der Waals surface area (Å²) >= 11 is 1.40. The van der Waals surface area contributed by atoms with Crippen LogP contribution in [0.15, 0.2) is 41.8 Å². The number of ketones is 1. The van der Waals surface area contributed by atoms with Crippen molar-refractivity contribution in [2.45, 2.75) is 19.8 Å². The van der Waals surface area contributed by atoms with Crippen LogP contribution in [0, 0.1) is 6.92 Å². The monoisotopic (exact) mass is 317 g/mol. The third kappa shape index (κ3) is 5.33. The Balaban J connectivity index is 1.59. The molecule has 2 aromatic rings. The molecule has 0 saturated carbocycles. The van der Waals surface area contributed by atoms with Crippen molar-refractivity contribution >= 4 is 23.0 Å². The summed E-state index contributed by atoms with van der Waals surface area (Å²) in [6.07, 6.45) is 0.451. The van der Waals surface area contributed by atoms with Crippen LogP contribution in [0.5, 0.6) is 5.75 Å². The summed E-state index contributed by atoms with van der Waals surface area (Å²) in [7, 11) is 0. The van der Waals surface area contributed by atoms with Gasteiger partial charge in [-0.1, -0.05) is 23.8 Å². The Morgan fingerprint density at radius 1 is 1.14 bits per heavy atom. The van der Waals surface area contributed by atoms with Gasteiger partial charge in [0.2, 0.25) is 5.91 Å². The van der Waals surface area contributed by atoms with Crippen molar-refractivity contribution in [1.82, 2.24) is 5.32 Å². The number of hydrogen-bond acceptors (Lipinski definition) is 4. The minimum absolute atomic E-state index is 0.0149. The predicted octanol–water partition coefficient (Wildman–Crippen LogP) is 3.21. The van der Waals surface area contributed by atoms with E-state index in [2.05, 4.69) is 5.32 Å². The average Bonchev–Trinajstić information content (AvgIpc) is 3.05. The molecule has 0 aliphatic rings. The predicted molar refractivity (Wildman–Crippen MR) is 87.6 cm³/mol. The van der Waals surface area contributed by atoms with Gasteiger partial charge in [-0.05, 0) is 30.5 Å². The fraction of sp³-hybridized carbons (Fsp3) is 0.294. The molecule has 1 aromatic carbocycles. The van der Waals surface area contributed by atoms with E-state index in [0.29, 0.717) is 18.0 Å². The Kier molecular flexibility index (Phi) is 6.15. The van der Waals surface area contributed by atoms with E-state index in [-0.39, 0.29) is 24.5 Å². The molecule has 2 rings (SSSR count). The Morgan fingerprint density at radius 3 is 2.59 bits per heavy atom. The quantitative estimate of drug-likeness (QED) is 0.601. The second kappa shape index (κ2) is 8.34. The Bertz CT molecular complexity index is 605. The summed E-state index contributed by atoms with van der Waals surface area (Å²) in [5.74, 6) is 0.672. The summed E-state index contributed by atoms with van der Waals surface area (Å²) < 4.78 is 5.52. The molecule has 0 radical (unpaired) electrons. The molecule has 116 valence electrons. The number of ether oxygens (including phenoxy) is 1. The summed E-state index contributed by atoms with van der Waals surface area (Å²) in [5.41, 5.74) is 1.18. The minimum Gasteiger partial charge on any atom is -0.492 e. The molecule has 0 aliphatic heterocycles. The van der Waals surface area contributed by atoms with Gasteiger partial charge < -0.3 is 10.1 Å². The normalized spacial score (nSPS) is 10.2. The molecular formula is C17H19NO3S. The van der Waals surface area contributed by atoms with E-state index in [1.54, 1.807) is 6.07 Å². The fourth-order valence-electron chi connectivity index (χ4n) is 1.87. The van der Waals surface area contributed by atoms with Gasteiger partial charge in [-0.15, -0.1) is 11.3 Å². The van der Waals surface area contributed by atoms with Gasteiger partial charge in [-0.3, -0.25) is 9.59 Å². The molecular weight excluding hydrogens is 298 g/mol. The van der Waals surface area contributed by atoms with Gasteiger partial charge in [0.05, 0.1) is 11.4 Å². The molecule has 0 unspecified atom stereocenters. The standard InChI is InChI=1S/C17H19NO3S/c1-13-4-6-14(7-5-13)21-11-10-18-17(20)9-8-15(19)16-3-2-12-22-16/h2-7,12H,8-11H2,1H3,(H,18,20). The van der Waals surface area contributed by atoms with Crippen molar-refractivity contribution < 1.29 is 14.3 Å². The first-order valence-electron chi connectivity index (χ1n) is 7.18. The van der Waals surface area contributed by atoms with Crippen LogP contribution >= 0.6 is 11.3 Å². The van der Waals surface area contributed by atoms with Gasteiger partial charge in [0.15, 0.2) is 5.78 Å². The zero-order valence-corrected chi connectivity index (χ0v) is 13.3. The summed E-state index contributed by atoms with van der Waals surface area (Å²) in [6.45, 7) is 2.86. The van der Waals surface area contributed by atoms with Crippen LogP contribution in [-0.2, 0) is 4.79 Å². The number of carbonyl (C=O) groups is 2. The van der Waals surface area contributed by atoms with Crippen molar-refractivity contribution in [2.75, 3.05) is 13.2 Å². The van der Waals surface area contributed by atoms with Gasteiger partial charge in [-0.25, -0.2) is 0 Å². The zero-order valence-electron chi connectivity index (χ0n) is 12.5. The van der Waals surface area contributed by atoms with E-state index in [0.717, 1.165) is 5.75 Å². The number of carbonyl (C=O) groups excluding carboxylic acids is 2. The summed E-state index contributed by atoms with van der Waals surface area (Å²) in [5, 5.41) is 4.61. The zero-order chi connectivity index (χ0) is 15.8. The van der Waals surface area contributed by atoms with E-state index in [1.807, 2.05) is 42.6 Å². The highest BCUT2D eigenvalue weighted by molar-refractivity contribution is 7.12. The molecule has 1 amide bonds. The highest BCUT2D eigenvalue weighted by Crippen LogP contribution is 2.12. The van der Waals surface area contributed by atoms with Crippen molar-refractivity contribution in [2.24, 2.45) is 0 Å². The molecule has 4 nitrogen and oxygen atoms in total. The van der Waals surface area contributed by atoms with Crippen LogP contribution in [0.3, 0.4) is 0 Å². The van der Waals surface area contributed by atoms with Crippen molar-refractivity contribution in [1.29, 1.82) is 0 Å². The van der Waals surface area contributed by atoms with Crippen LogP contribution in [-0.4, -0.2) is 24.8 Å². The number of nitrogens with one attached hydrogen (secondary N) is 1. The van der Waals surface area contributed by atoms with Gasteiger partial charge in [0.25, 0.3) is 0 Å². The highest BCUT2D eigenvalue weighted by Gasteiger charge is 2.09. The van der Waals surface area contributed by atoms with Crippen LogP contribution in [0.4, 0.5) is 0 Å². The van der Waals surface area contributed by atoms with E-state index in [9.17, 15) is 9.59 Å². The van der Waals surface area contributed by atoms with Gasteiger partial charge in [0.1, 0.15) is 12.4 Å². The molecule has 0 aliphatic carbocycles. The summed E-state index contributed by atoms with van der Waals surface area (Å²) in [6, 6.07) is 11.4. The topological polar surface area (TPSA) is 55.4 Å². The third-order valence-corrected chi connectivity index (χ3v) is 4.00. The van der Waals surface area contributed by atoms with Crippen LogP contribution < -0.4 is 10.1 Å². The number of amides is 1. The maximum Gasteiger partial charge on any atom is 0.220 e. The van der Waals surface area contributed by atoms with Crippen LogP contribution in [0.2, 0.25) is 0 Å². The molecule has 1 heterocycles. The maximum atomic E-state index is 11.8. The fourth-order valence-corrected chi connectivity index (χ4v) is 2.56. The van der Waals surface area contributed by atoms with Crippen molar-refractivity contribution in [3.05, 3.63) is 52.2 Å². The van der Waals surface area contributed by atoms with E-state index in [1.165, 1.54) is 16.9 Å². The molecule has 0 atom stereocenters. The molecule has 0 fully saturated rings. The number of rotatable bonds is 8. The maximum absolute atomic E-state index is 11.8. The Hall–Kier alpha value is -2.14. The van der Waals surface area contributed by atoms with E-state index >= 15 is 0 Å². The largest absolute Gasteiger partial charge is 0.492 e. The lowest BCUT2D eigenvalue weighted by atomic mass is 10.2. The Labute approximate surface area is 134 Å². The first-order chi connectivity index (χ1) is 10.6. The number of thiophene rings is 1. The third-order valence-electron chi connectivity index (χ3n) is 3.09. The first kappa shape index (κ1) is 16.2. The smallest absolute Gasteiger partial charge is 0.220 e. The lowest BCUT2D eigenvalue weighted by Crippen LogP contribution is -2.28. The second-order valence-electron chi connectivity index (χ2n) is 4.91. The Morgan fingerprint density at radius 2 is 1.91 bits per heavy atom. The lowest BCUT2D eigenvalue weighted by molar-refractivity contribution is -0.121. The number of Topliss-reactive ketones (excluding diaryl/α,β-unsaturated/α-hetero) is 1. The molecule has 22 heavy (non-hydrogen) atoms. The first-order valence-corrected chi connectivity index (χ1v) is 8.06. The molecule has 5 heteroatoms. The number of benzene rings is 1. The molecule has 0 saturated heterocycles. The van der Waals surface area contributed by atoms with Crippen molar-refractivity contribution in [3.63, 3.8) is 0 Å². The minimum atomic E-state index is -0.127. The number of aryl methyl sites for hydroxylation is 1. The number of hydrogen-bond donors (Lipinski definition) is 1. The van der Waals surface area contributed by atoms with Crippen LogP contribution in [0.1, 0.15) is 28.1 Å². The summed E-state index contributed by atoms with van der Waals surface area (Å²) in [4.78, 5) is 24.1. The van der Waals surface area contributed by atoms with E-state index < -0.39 is 0 Å². The molecule has 0 bridgehead atoms.